The van der Waals surface area contributed by atoms with Crippen LogP contribution in [0.3, 0.4) is 0 Å². The molecule has 0 unspecified atom stereocenters. The Hall–Kier alpha value is -1.58. The van der Waals surface area contributed by atoms with Crippen LogP contribution in [0.25, 0.3) is 0 Å². The molecule has 1 saturated heterocycles. The van der Waals surface area contributed by atoms with Crippen LogP contribution in [0.5, 0.6) is 0 Å². The molecule has 2 aliphatic rings. The van der Waals surface area contributed by atoms with Crippen molar-refractivity contribution in [2.75, 3.05) is 24.5 Å². The first-order chi connectivity index (χ1) is 11.2. The summed E-state index contributed by atoms with van der Waals surface area (Å²) in [6.45, 7) is 10.3. The van der Waals surface area contributed by atoms with Crippen LogP contribution < -0.4 is 10.7 Å². The third-order valence-corrected chi connectivity index (χ3v) is 4.84. The monoisotopic (exact) mass is 352 g/mol. The summed E-state index contributed by atoms with van der Waals surface area (Å²) >= 11 is 1.43. The zero-order valence-corrected chi connectivity index (χ0v) is 15.3. The molecule has 2 N–H and O–H groups in total. The molecule has 1 aromatic heterocycles. The summed E-state index contributed by atoms with van der Waals surface area (Å²) in [6, 6.07) is 0.141. The molecule has 0 saturated carbocycles. The average Bonchev–Trinajstić information content (AvgIpc) is 2.85. The van der Waals surface area contributed by atoms with Gasteiger partial charge in [-0.05, 0) is 39.6 Å². The van der Waals surface area contributed by atoms with Crippen LogP contribution in [0.4, 0.5) is 10.6 Å². The van der Waals surface area contributed by atoms with E-state index in [0.717, 1.165) is 16.4 Å². The number of hydrogen-bond acceptors (Lipinski definition) is 8. The average molecular weight is 352 g/mol. The first-order valence-corrected chi connectivity index (χ1v) is 8.80. The number of hydrogen-bond donors (Lipinski definition) is 1. The summed E-state index contributed by atoms with van der Waals surface area (Å²) < 4.78 is 7.13. The van der Waals surface area contributed by atoms with E-state index in [4.69, 9.17) is 10.6 Å². The van der Waals surface area contributed by atoms with Crippen LogP contribution in [-0.4, -0.2) is 56.7 Å². The molecule has 8 nitrogen and oxygen atoms in total. The highest BCUT2D eigenvalue weighted by atomic mass is 32.2. The Kier molecular flexibility index (Phi) is 4.58. The van der Waals surface area contributed by atoms with E-state index in [-0.39, 0.29) is 12.1 Å². The van der Waals surface area contributed by atoms with Crippen LogP contribution in [0.1, 0.15) is 33.3 Å². The molecule has 0 radical (unpaired) electrons. The molecule has 9 heteroatoms. The maximum atomic E-state index is 12.3. The minimum absolute atomic E-state index is 0.141. The highest BCUT2D eigenvalue weighted by molar-refractivity contribution is 7.97. The van der Waals surface area contributed by atoms with E-state index in [1.54, 1.807) is 15.6 Å². The molecule has 3 heterocycles. The van der Waals surface area contributed by atoms with Crippen molar-refractivity contribution >= 4 is 23.9 Å². The van der Waals surface area contributed by atoms with Gasteiger partial charge in [0.1, 0.15) is 22.8 Å². The fourth-order valence-corrected chi connectivity index (χ4v) is 3.69. The second-order valence-corrected chi connectivity index (χ2v) is 8.15. The molecule has 1 atom stereocenters. The van der Waals surface area contributed by atoms with E-state index in [1.165, 1.54) is 11.9 Å². The number of hydrazine groups is 1. The van der Waals surface area contributed by atoms with Crippen LogP contribution >= 0.6 is 11.9 Å². The fourth-order valence-electron chi connectivity index (χ4n) is 2.92. The normalized spacial score (nSPS) is 21.8. The van der Waals surface area contributed by atoms with Crippen molar-refractivity contribution in [2.24, 2.45) is 5.84 Å². The topological polar surface area (TPSA) is 87.8 Å². The molecular formula is C15H24N6O2S. The van der Waals surface area contributed by atoms with Gasteiger partial charge in [0.25, 0.3) is 0 Å². The van der Waals surface area contributed by atoms with E-state index in [2.05, 4.69) is 21.8 Å². The number of carbonyl (C=O) groups is 1. The van der Waals surface area contributed by atoms with Crippen molar-refractivity contribution in [3.8, 4) is 0 Å². The predicted octanol–water partition coefficient (Wildman–Crippen LogP) is 1.62. The quantitative estimate of drug-likeness (QED) is 0.463. The van der Waals surface area contributed by atoms with Crippen LogP contribution in [0.15, 0.2) is 11.4 Å². The van der Waals surface area contributed by atoms with Gasteiger partial charge in [0, 0.05) is 31.2 Å². The fraction of sp³-hybridized carbons (Fsp3) is 0.667. The van der Waals surface area contributed by atoms with Gasteiger partial charge in [-0.25, -0.2) is 14.8 Å². The van der Waals surface area contributed by atoms with Crippen LogP contribution in [0.2, 0.25) is 0 Å². The SMILES string of the molecule is C[C@H]1CN(C(=O)OC(C)(C)C)CCN1c1ncnc2c1CN(N)S2. The maximum absolute atomic E-state index is 12.3. The van der Waals surface area contributed by atoms with Crippen molar-refractivity contribution in [3.05, 3.63) is 11.9 Å². The lowest BCUT2D eigenvalue weighted by atomic mass is 10.1. The summed E-state index contributed by atoms with van der Waals surface area (Å²) in [6.07, 6.45) is 1.32. The van der Waals surface area contributed by atoms with Gasteiger partial charge in [-0.15, -0.1) is 0 Å². The van der Waals surface area contributed by atoms with Crippen LogP contribution in [-0.2, 0) is 11.3 Å². The summed E-state index contributed by atoms with van der Waals surface area (Å²) in [4.78, 5) is 25.0. The Morgan fingerprint density at radius 1 is 1.38 bits per heavy atom. The van der Waals surface area contributed by atoms with E-state index in [0.29, 0.717) is 26.2 Å². The van der Waals surface area contributed by atoms with Gasteiger partial charge in [-0.1, -0.05) is 0 Å². The molecule has 1 amide bonds. The molecule has 0 spiro atoms. The van der Waals surface area contributed by atoms with E-state index in [1.807, 2.05) is 20.8 Å². The standard InChI is InChI=1S/C15H24N6O2S/c1-10-7-19(14(22)23-15(2,3)4)5-6-20(10)12-11-8-21(16)24-13(11)18-9-17-12/h9-10H,5-8,16H2,1-4H3/t10-/m0/s1. The number of ether oxygens (including phenoxy) is 1. The molecule has 0 bridgehead atoms. The molecule has 1 aromatic rings. The van der Waals surface area contributed by atoms with Crippen molar-refractivity contribution in [2.45, 2.75) is 50.9 Å². The van der Waals surface area contributed by atoms with Gasteiger partial charge in [0.2, 0.25) is 0 Å². The number of piperazine rings is 1. The highest BCUT2D eigenvalue weighted by Gasteiger charge is 2.33. The van der Waals surface area contributed by atoms with Crippen molar-refractivity contribution in [1.29, 1.82) is 0 Å². The van der Waals surface area contributed by atoms with Crippen molar-refractivity contribution in [3.63, 3.8) is 0 Å². The molecule has 0 aliphatic carbocycles. The second-order valence-electron chi connectivity index (χ2n) is 7.12. The minimum Gasteiger partial charge on any atom is -0.444 e. The lowest BCUT2D eigenvalue weighted by Crippen LogP contribution is -2.55. The molecule has 2 aliphatic heterocycles. The molecule has 0 aromatic carbocycles. The summed E-state index contributed by atoms with van der Waals surface area (Å²) in [5, 5.41) is 0.907. The Morgan fingerprint density at radius 2 is 2.12 bits per heavy atom. The minimum atomic E-state index is -0.479. The summed E-state index contributed by atoms with van der Waals surface area (Å²) in [7, 11) is 0. The van der Waals surface area contributed by atoms with E-state index < -0.39 is 5.60 Å². The van der Waals surface area contributed by atoms with Crippen molar-refractivity contribution in [1.82, 2.24) is 19.3 Å². The molecule has 3 rings (SSSR count). The largest absolute Gasteiger partial charge is 0.444 e. The lowest BCUT2D eigenvalue weighted by molar-refractivity contribution is 0.0218. The molecule has 132 valence electrons. The number of rotatable bonds is 1. The smallest absolute Gasteiger partial charge is 0.410 e. The van der Waals surface area contributed by atoms with E-state index >= 15 is 0 Å². The van der Waals surface area contributed by atoms with Gasteiger partial charge in [0.15, 0.2) is 0 Å². The number of nitrogens with zero attached hydrogens (tertiary/aromatic N) is 5. The van der Waals surface area contributed by atoms with Crippen molar-refractivity contribution < 1.29 is 9.53 Å². The van der Waals surface area contributed by atoms with Gasteiger partial charge in [-0.3, -0.25) is 5.84 Å². The van der Waals surface area contributed by atoms with E-state index in [9.17, 15) is 4.79 Å². The Labute approximate surface area is 146 Å². The number of amides is 1. The number of nitrogens with two attached hydrogens (primary N) is 1. The molecular weight excluding hydrogens is 328 g/mol. The predicted molar refractivity (Wildman–Crippen MR) is 92.2 cm³/mol. The number of fused-ring (bicyclic) bond motifs is 1. The first-order valence-electron chi connectivity index (χ1n) is 8.03. The van der Waals surface area contributed by atoms with Gasteiger partial charge >= 0.3 is 6.09 Å². The highest BCUT2D eigenvalue weighted by Crippen LogP contribution is 2.37. The summed E-state index contributed by atoms with van der Waals surface area (Å²) in [5.74, 6) is 6.79. The molecule has 1 fully saturated rings. The van der Waals surface area contributed by atoms with Gasteiger partial charge in [-0.2, -0.15) is 4.41 Å². The van der Waals surface area contributed by atoms with Gasteiger partial charge in [0.05, 0.1) is 6.54 Å². The Morgan fingerprint density at radius 3 is 2.79 bits per heavy atom. The Balaban J connectivity index is 1.72. The number of anilines is 1. The number of carbonyl (C=O) groups excluding carboxylic acids is 1. The summed E-state index contributed by atoms with van der Waals surface area (Å²) in [5.41, 5.74) is 0.579. The molecule has 24 heavy (non-hydrogen) atoms. The Bertz CT molecular complexity index is 635. The lowest BCUT2D eigenvalue weighted by Gasteiger charge is -2.41. The third kappa shape index (κ3) is 3.57. The zero-order chi connectivity index (χ0) is 17.5. The maximum Gasteiger partial charge on any atom is 0.410 e. The zero-order valence-electron chi connectivity index (χ0n) is 14.5. The first kappa shape index (κ1) is 17.2. The third-order valence-electron chi connectivity index (χ3n) is 3.95. The van der Waals surface area contributed by atoms with Crippen LogP contribution in [0, 0.1) is 0 Å². The number of aromatic nitrogens is 2. The van der Waals surface area contributed by atoms with Gasteiger partial charge < -0.3 is 14.5 Å². The second kappa shape index (κ2) is 6.38.